The van der Waals surface area contributed by atoms with Gasteiger partial charge in [-0.05, 0) is 51.1 Å². The Balaban J connectivity index is 1.94. The molecule has 0 aliphatic carbocycles. The molecule has 0 radical (unpaired) electrons. The number of anilines is 1. The van der Waals surface area contributed by atoms with E-state index in [-0.39, 0.29) is 0 Å². The topological polar surface area (TPSA) is 24.5 Å². The molecule has 0 saturated carbocycles. The molecular formula is C16H26N2O. The van der Waals surface area contributed by atoms with E-state index in [4.69, 9.17) is 4.74 Å². The molecule has 106 valence electrons. The van der Waals surface area contributed by atoms with Crippen LogP contribution in [0.2, 0.25) is 0 Å². The normalized spacial score (nSPS) is 23.6. The van der Waals surface area contributed by atoms with E-state index in [9.17, 15) is 0 Å². The van der Waals surface area contributed by atoms with Crippen molar-refractivity contribution in [1.29, 1.82) is 0 Å². The first-order chi connectivity index (χ1) is 9.17. The molecule has 2 atom stereocenters. The fraction of sp³-hybridized carbons (Fsp3) is 0.625. The van der Waals surface area contributed by atoms with E-state index in [0.29, 0.717) is 12.1 Å². The summed E-state index contributed by atoms with van der Waals surface area (Å²) in [4.78, 5) is 2.20. The molecule has 0 spiro atoms. The lowest BCUT2D eigenvalue weighted by atomic mass is 10.0. The van der Waals surface area contributed by atoms with Crippen LogP contribution in [-0.2, 0) is 11.3 Å². The minimum Gasteiger partial charge on any atom is -0.382 e. The van der Waals surface area contributed by atoms with Crippen molar-refractivity contribution in [3.8, 4) is 0 Å². The molecule has 0 bridgehead atoms. The zero-order valence-corrected chi connectivity index (χ0v) is 12.4. The van der Waals surface area contributed by atoms with Crippen LogP contribution < -0.4 is 5.32 Å². The molecule has 1 aromatic carbocycles. The molecule has 19 heavy (non-hydrogen) atoms. The smallest absolute Gasteiger partial charge is 0.0592 e. The highest BCUT2D eigenvalue weighted by molar-refractivity contribution is 5.46. The molecule has 2 unspecified atom stereocenters. The largest absolute Gasteiger partial charge is 0.382 e. The van der Waals surface area contributed by atoms with Crippen molar-refractivity contribution in [2.24, 2.45) is 0 Å². The molecule has 1 aliphatic heterocycles. The van der Waals surface area contributed by atoms with Crippen molar-refractivity contribution >= 4 is 5.69 Å². The molecule has 1 aromatic rings. The van der Waals surface area contributed by atoms with Crippen molar-refractivity contribution in [2.45, 2.75) is 44.9 Å². The maximum atomic E-state index is 5.72. The Morgan fingerprint density at radius 1 is 1.37 bits per heavy atom. The van der Waals surface area contributed by atoms with Crippen LogP contribution in [0.3, 0.4) is 0 Å². The molecule has 1 N–H and O–H groups in total. The van der Waals surface area contributed by atoms with Gasteiger partial charge in [-0.2, -0.15) is 0 Å². The zero-order chi connectivity index (χ0) is 13.7. The highest BCUT2D eigenvalue weighted by Gasteiger charge is 2.20. The first kappa shape index (κ1) is 14.4. The minimum absolute atomic E-state index is 0.427. The summed E-state index contributed by atoms with van der Waals surface area (Å²) in [6.07, 6.45) is 3.76. The number of nitrogens with one attached hydrogen (secondary N) is 1. The summed E-state index contributed by atoms with van der Waals surface area (Å²) in [7, 11) is 4.20. The van der Waals surface area contributed by atoms with E-state index in [1.165, 1.54) is 11.3 Å². The molecule has 1 heterocycles. The molecule has 3 nitrogen and oxygen atoms in total. The molecule has 0 aromatic heterocycles. The molecule has 0 amide bonds. The van der Waals surface area contributed by atoms with Crippen molar-refractivity contribution in [3.63, 3.8) is 0 Å². The van der Waals surface area contributed by atoms with Crippen LogP contribution in [0.15, 0.2) is 24.3 Å². The summed E-state index contributed by atoms with van der Waals surface area (Å²) >= 11 is 0. The summed E-state index contributed by atoms with van der Waals surface area (Å²) < 4.78 is 5.72. The molecule has 1 fully saturated rings. The maximum Gasteiger partial charge on any atom is 0.0592 e. The standard InChI is InChI=1S/C16H26N2O/c1-4-16-11-15(8-9-19-16)17-14-7-5-6-13(10-14)12-18(2)3/h5-7,10,15-17H,4,8-9,11-12H2,1-3H3. The highest BCUT2D eigenvalue weighted by Crippen LogP contribution is 2.21. The Morgan fingerprint density at radius 3 is 2.95 bits per heavy atom. The van der Waals surface area contributed by atoms with Gasteiger partial charge < -0.3 is 15.0 Å². The molecule has 2 rings (SSSR count). The molecule has 1 saturated heterocycles. The Hall–Kier alpha value is -1.06. The SMILES string of the molecule is CCC1CC(Nc2cccc(CN(C)C)c2)CCO1. The van der Waals surface area contributed by atoms with Crippen LogP contribution in [0, 0.1) is 0 Å². The van der Waals surface area contributed by atoms with Crippen molar-refractivity contribution < 1.29 is 4.74 Å². The summed E-state index contributed by atoms with van der Waals surface area (Å²) in [6, 6.07) is 9.29. The predicted molar refractivity (Wildman–Crippen MR) is 80.5 cm³/mol. The Kier molecular flexibility index (Phi) is 5.23. The number of nitrogens with zero attached hydrogens (tertiary/aromatic N) is 1. The molecular weight excluding hydrogens is 236 g/mol. The molecule has 1 aliphatic rings. The average molecular weight is 262 g/mol. The maximum absolute atomic E-state index is 5.72. The average Bonchev–Trinajstić information content (AvgIpc) is 2.38. The lowest BCUT2D eigenvalue weighted by Crippen LogP contribution is -2.33. The number of ether oxygens (including phenoxy) is 1. The zero-order valence-electron chi connectivity index (χ0n) is 12.4. The van der Waals surface area contributed by atoms with Crippen LogP contribution in [0.5, 0.6) is 0 Å². The lowest BCUT2D eigenvalue weighted by molar-refractivity contribution is 0.00925. The van der Waals surface area contributed by atoms with E-state index >= 15 is 0 Å². The summed E-state index contributed by atoms with van der Waals surface area (Å²) in [5.41, 5.74) is 2.59. The van der Waals surface area contributed by atoms with Gasteiger partial charge in [-0.3, -0.25) is 0 Å². The third kappa shape index (κ3) is 4.51. The second kappa shape index (κ2) is 6.92. The van der Waals surface area contributed by atoms with E-state index in [1.807, 2.05) is 0 Å². The van der Waals surface area contributed by atoms with Gasteiger partial charge in [0.05, 0.1) is 6.10 Å². The van der Waals surface area contributed by atoms with Gasteiger partial charge in [0.15, 0.2) is 0 Å². The number of rotatable bonds is 5. The minimum atomic E-state index is 0.427. The first-order valence-corrected chi connectivity index (χ1v) is 7.29. The van der Waals surface area contributed by atoms with Crippen LogP contribution in [-0.4, -0.2) is 37.7 Å². The van der Waals surface area contributed by atoms with Crippen LogP contribution >= 0.6 is 0 Å². The van der Waals surface area contributed by atoms with E-state index in [2.05, 4.69) is 55.5 Å². The number of hydrogen-bond donors (Lipinski definition) is 1. The fourth-order valence-corrected chi connectivity index (χ4v) is 2.66. The number of benzene rings is 1. The Labute approximate surface area is 116 Å². The third-order valence-electron chi connectivity index (χ3n) is 3.62. The van der Waals surface area contributed by atoms with Crippen molar-refractivity contribution in [3.05, 3.63) is 29.8 Å². The van der Waals surface area contributed by atoms with E-state index < -0.39 is 0 Å². The van der Waals surface area contributed by atoms with Crippen LogP contribution in [0.25, 0.3) is 0 Å². The quantitative estimate of drug-likeness (QED) is 0.882. The van der Waals surface area contributed by atoms with Crippen LogP contribution in [0.4, 0.5) is 5.69 Å². The van der Waals surface area contributed by atoms with E-state index in [1.54, 1.807) is 0 Å². The summed E-state index contributed by atoms with van der Waals surface area (Å²) in [5.74, 6) is 0. The monoisotopic (exact) mass is 262 g/mol. The lowest BCUT2D eigenvalue weighted by Gasteiger charge is -2.30. The van der Waals surface area contributed by atoms with Gasteiger partial charge in [0.1, 0.15) is 0 Å². The van der Waals surface area contributed by atoms with Crippen molar-refractivity contribution in [2.75, 3.05) is 26.0 Å². The van der Waals surface area contributed by atoms with Gasteiger partial charge in [0.25, 0.3) is 0 Å². The van der Waals surface area contributed by atoms with Gasteiger partial charge in [0.2, 0.25) is 0 Å². The summed E-state index contributed by atoms with van der Waals surface area (Å²) in [6.45, 7) is 4.07. The third-order valence-corrected chi connectivity index (χ3v) is 3.62. The second-order valence-corrected chi connectivity index (χ2v) is 5.70. The van der Waals surface area contributed by atoms with Gasteiger partial charge in [-0.25, -0.2) is 0 Å². The molecule has 3 heteroatoms. The van der Waals surface area contributed by atoms with Gasteiger partial charge >= 0.3 is 0 Å². The van der Waals surface area contributed by atoms with Crippen LogP contribution in [0.1, 0.15) is 31.7 Å². The predicted octanol–water partition coefficient (Wildman–Crippen LogP) is 3.12. The van der Waals surface area contributed by atoms with Gasteiger partial charge in [-0.15, -0.1) is 0 Å². The number of hydrogen-bond acceptors (Lipinski definition) is 3. The Morgan fingerprint density at radius 2 is 2.21 bits per heavy atom. The van der Waals surface area contributed by atoms with Crippen molar-refractivity contribution in [1.82, 2.24) is 4.90 Å². The first-order valence-electron chi connectivity index (χ1n) is 7.29. The fourth-order valence-electron chi connectivity index (χ4n) is 2.66. The highest BCUT2D eigenvalue weighted by atomic mass is 16.5. The van der Waals surface area contributed by atoms with E-state index in [0.717, 1.165) is 32.4 Å². The second-order valence-electron chi connectivity index (χ2n) is 5.70. The summed E-state index contributed by atoms with van der Waals surface area (Å²) in [5, 5.41) is 3.66. The Bertz CT molecular complexity index is 392. The van der Waals surface area contributed by atoms with Gasteiger partial charge in [0, 0.05) is 24.9 Å². The van der Waals surface area contributed by atoms with Gasteiger partial charge in [-0.1, -0.05) is 19.1 Å².